The molecule has 5 aromatic rings. The molecule has 12 heteroatoms. The number of para-hydroxylation sites is 1. The number of nitrogens with one attached hydrogen (secondary N) is 1. The SMILES string of the molecule is O=C(CN1C(=O)/C(=c2\sc3nc(-c4ccc(Cl)cc4Cl)nn3c2=O)c2ccccc21)Nc1cccc(Cl)c1. The lowest BCUT2D eigenvalue weighted by Gasteiger charge is -2.16. The second-order valence-electron chi connectivity index (χ2n) is 8.33. The standard InChI is InChI=1S/C26H14Cl3N5O3S/c27-13-4-3-5-15(10-13)30-20(35)12-33-19-7-2-1-6-17(19)21(24(33)36)22-25(37)34-26(38-22)31-23(32-34)16-9-8-14(28)11-18(16)29/h1-11H,12H2,(H,30,35)/b22-21-. The van der Waals surface area contributed by atoms with Gasteiger partial charge in [0.2, 0.25) is 10.9 Å². The molecule has 38 heavy (non-hydrogen) atoms. The highest BCUT2D eigenvalue weighted by molar-refractivity contribution is 7.15. The quantitative estimate of drug-likeness (QED) is 0.332. The molecule has 1 aliphatic rings. The second-order valence-corrected chi connectivity index (χ2v) is 10.6. The molecule has 0 radical (unpaired) electrons. The van der Waals surface area contributed by atoms with Crippen molar-refractivity contribution < 1.29 is 9.59 Å². The Kier molecular flexibility index (Phi) is 6.16. The van der Waals surface area contributed by atoms with Crippen molar-refractivity contribution >= 4 is 79.9 Å². The smallest absolute Gasteiger partial charge is 0.291 e. The maximum atomic E-state index is 13.6. The molecule has 1 N–H and O–H groups in total. The minimum Gasteiger partial charge on any atom is -0.324 e. The third-order valence-electron chi connectivity index (χ3n) is 5.89. The molecular weight excluding hydrogens is 569 g/mol. The van der Waals surface area contributed by atoms with E-state index in [9.17, 15) is 14.4 Å². The lowest BCUT2D eigenvalue weighted by molar-refractivity contribution is -0.118. The summed E-state index contributed by atoms with van der Waals surface area (Å²) in [4.78, 5) is 45.9. The molecule has 3 heterocycles. The highest BCUT2D eigenvalue weighted by Gasteiger charge is 2.35. The maximum Gasteiger partial charge on any atom is 0.291 e. The van der Waals surface area contributed by atoms with Crippen molar-refractivity contribution in [1.29, 1.82) is 0 Å². The number of hydrogen-bond acceptors (Lipinski definition) is 6. The van der Waals surface area contributed by atoms with Crippen molar-refractivity contribution in [2.45, 2.75) is 0 Å². The average molecular weight is 583 g/mol. The van der Waals surface area contributed by atoms with Crippen LogP contribution < -0.4 is 20.3 Å². The maximum absolute atomic E-state index is 13.6. The minimum atomic E-state index is -0.489. The van der Waals surface area contributed by atoms with E-state index in [-0.39, 0.29) is 22.5 Å². The van der Waals surface area contributed by atoms with E-state index in [2.05, 4.69) is 15.4 Å². The summed E-state index contributed by atoms with van der Waals surface area (Å²) in [5.41, 5.74) is 1.83. The van der Waals surface area contributed by atoms with Gasteiger partial charge in [-0.25, -0.2) is 0 Å². The van der Waals surface area contributed by atoms with Crippen LogP contribution in [-0.4, -0.2) is 33.0 Å². The van der Waals surface area contributed by atoms with Crippen LogP contribution in [0.1, 0.15) is 5.56 Å². The van der Waals surface area contributed by atoms with Gasteiger partial charge in [0.25, 0.3) is 11.5 Å². The first kappa shape index (κ1) is 24.6. The third-order valence-corrected chi connectivity index (χ3v) is 7.70. The first-order chi connectivity index (χ1) is 18.3. The highest BCUT2D eigenvalue weighted by Crippen LogP contribution is 2.35. The highest BCUT2D eigenvalue weighted by atomic mass is 35.5. The van der Waals surface area contributed by atoms with Crippen LogP contribution in [0.3, 0.4) is 0 Å². The van der Waals surface area contributed by atoms with Crippen LogP contribution in [0.2, 0.25) is 15.1 Å². The Morgan fingerprint density at radius 1 is 0.921 bits per heavy atom. The number of anilines is 2. The van der Waals surface area contributed by atoms with Crippen molar-refractivity contribution in [2.75, 3.05) is 16.8 Å². The summed E-state index contributed by atoms with van der Waals surface area (Å²) in [7, 11) is 0. The van der Waals surface area contributed by atoms with E-state index in [1.165, 1.54) is 4.90 Å². The number of thiazole rings is 1. The van der Waals surface area contributed by atoms with Crippen LogP contribution in [-0.2, 0) is 9.59 Å². The van der Waals surface area contributed by atoms with Crippen LogP contribution in [0.25, 0.3) is 21.9 Å². The Hall–Kier alpha value is -3.76. The van der Waals surface area contributed by atoms with E-state index in [1.807, 2.05) is 0 Å². The van der Waals surface area contributed by atoms with Gasteiger partial charge in [-0.1, -0.05) is 70.4 Å². The number of nitrogens with zero attached hydrogens (tertiary/aromatic N) is 4. The van der Waals surface area contributed by atoms with Gasteiger partial charge >= 0.3 is 0 Å². The zero-order chi connectivity index (χ0) is 26.6. The lowest BCUT2D eigenvalue weighted by atomic mass is 10.1. The summed E-state index contributed by atoms with van der Waals surface area (Å²) in [6, 6.07) is 18.6. The van der Waals surface area contributed by atoms with Crippen molar-refractivity contribution in [3.8, 4) is 11.4 Å². The number of amides is 2. The molecule has 188 valence electrons. The molecule has 0 aliphatic carbocycles. The number of benzene rings is 3. The molecule has 0 saturated carbocycles. The van der Waals surface area contributed by atoms with Crippen molar-refractivity contribution in [2.24, 2.45) is 0 Å². The van der Waals surface area contributed by atoms with Gasteiger partial charge in [0, 0.05) is 26.9 Å². The molecule has 8 nitrogen and oxygen atoms in total. The number of hydrogen-bond donors (Lipinski definition) is 1. The number of carbonyl (C=O) groups is 2. The van der Waals surface area contributed by atoms with Gasteiger partial charge in [0.1, 0.15) is 11.1 Å². The van der Waals surface area contributed by atoms with Gasteiger partial charge < -0.3 is 5.32 Å². The molecule has 1 aliphatic heterocycles. The summed E-state index contributed by atoms with van der Waals surface area (Å²) in [6.07, 6.45) is 0. The lowest BCUT2D eigenvalue weighted by Crippen LogP contribution is -2.37. The predicted molar refractivity (Wildman–Crippen MR) is 149 cm³/mol. The number of aromatic nitrogens is 3. The molecule has 0 fully saturated rings. The number of fused-ring (bicyclic) bond motifs is 2. The summed E-state index contributed by atoms with van der Waals surface area (Å²) in [5.74, 6) is -0.606. The normalized spacial score (nSPS) is 14.3. The molecule has 0 spiro atoms. The zero-order valence-electron chi connectivity index (χ0n) is 19.1. The average Bonchev–Trinajstić information content (AvgIpc) is 3.50. The summed E-state index contributed by atoms with van der Waals surface area (Å²) < 4.78 is 1.33. The monoisotopic (exact) mass is 581 g/mol. The summed E-state index contributed by atoms with van der Waals surface area (Å²) in [5, 5.41) is 8.37. The molecule has 0 saturated heterocycles. The van der Waals surface area contributed by atoms with E-state index in [1.54, 1.807) is 66.7 Å². The van der Waals surface area contributed by atoms with Crippen molar-refractivity contribution in [1.82, 2.24) is 14.6 Å². The predicted octanol–water partition coefficient (Wildman–Crippen LogP) is 4.68. The van der Waals surface area contributed by atoms with Gasteiger partial charge in [0.05, 0.1) is 16.3 Å². The molecule has 3 aromatic carbocycles. The Labute approximate surface area is 233 Å². The first-order valence-electron chi connectivity index (χ1n) is 11.2. The molecule has 0 atom stereocenters. The fourth-order valence-electron chi connectivity index (χ4n) is 4.24. The topological polar surface area (TPSA) is 96.7 Å². The molecule has 2 aromatic heterocycles. The third kappa shape index (κ3) is 4.23. The van der Waals surface area contributed by atoms with Gasteiger partial charge in [-0.05, 0) is 42.5 Å². The Morgan fingerprint density at radius 3 is 2.47 bits per heavy atom. The van der Waals surface area contributed by atoms with Gasteiger partial charge in [-0.2, -0.15) is 9.50 Å². The minimum absolute atomic E-state index is 0.184. The van der Waals surface area contributed by atoms with Gasteiger partial charge in [0.15, 0.2) is 5.82 Å². The molecule has 2 amide bonds. The van der Waals surface area contributed by atoms with Gasteiger partial charge in [-0.3, -0.25) is 19.3 Å². The van der Waals surface area contributed by atoms with E-state index >= 15 is 0 Å². The van der Waals surface area contributed by atoms with E-state index < -0.39 is 17.4 Å². The van der Waals surface area contributed by atoms with Crippen LogP contribution >= 0.6 is 46.1 Å². The van der Waals surface area contributed by atoms with Gasteiger partial charge in [-0.15, -0.1) is 5.10 Å². The summed E-state index contributed by atoms with van der Waals surface area (Å²) >= 11 is 19.3. The molecule has 0 unspecified atom stereocenters. The Balaban J connectivity index is 1.39. The van der Waals surface area contributed by atoms with Crippen LogP contribution in [0.15, 0.2) is 71.5 Å². The fraction of sp³-hybridized carbons (Fsp3) is 0.0385. The molecule has 6 rings (SSSR count). The Bertz CT molecular complexity index is 1900. The fourth-order valence-corrected chi connectivity index (χ4v) is 5.92. The van der Waals surface area contributed by atoms with E-state index in [4.69, 9.17) is 34.8 Å². The van der Waals surface area contributed by atoms with E-state index in [0.717, 1.165) is 15.9 Å². The molecule has 0 bridgehead atoms. The van der Waals surface area contributed by atoms with Crippen LogP contribution in [0, 0.1) is 0 Å². The van der Waals surface area contributed by atoms with Crippen molar-refractivity contribution in [3.63, 3.8) is 0 Å². The molecular formula is C26H14Cl3N5O3S. The number of rotatable bonds is 4. The second kappa shape index (κ2) is 9.52. The first-order valence-corrected chi connectivity index (χ1v) is 13.1. The largest absolute Gasteiger partial charge is 0.324 e. The van der Waals surface area contributed by atoms with Crippen molar-refractivity contribution in [3.05, 3.63) is 102 Å². The summed E-state index contributed by atoms with van der Waals surface area (Å²) in [6.45, 7) is -0.250. The zero-order valence-corrected chi connectivity index (χ0v) is 22.2. The van der Waals surface area contributed by atoms with Crippen LogP contribution in [0.5, 0.6) is 0 Å². The number of carbonyl (C=O) groups excluding carboxylic acids is 2. The Morgan fingerprint density at radius 2 is 1.71 bits per heavy atom. The number of halogens is 3. The van der Waals surface area contributed by atoms with E-state index in [0.29, 0.717) is 42.5 Å². The van der Waals surface area contributed by atoms with Crippen LogP contribution in [0.4, 0.5) is 11.4 Å².